The summed E-state index contributed by atoms with van der Waals surface area (Å²) >= 11 is 0. The van der Waals surface area contributed by atoms with Gasteiger partial charge in [0, 0.05) is 38.3 Å². The van der Waals surface area contributed by atoms with Crippen molar-refractivity contribution in [3.63, 3.8) is 0 Å². The second-order valence-electron chi connectivity index (χ2n) is 6.19. The molecule has 0 spiro atoms. The minimum atomic E-state index is -2.82. The molecule has 3 fully saturated rings. The SMILES string of the molecule is O=S1(=O)CC[C@@H](N2CCN([C@@H]3CCS(=O)(=O)C3)CC2)C1. The summed E-state index contributed by atoms with van der Waals surface area (Å²) in [6.07, 6.45) is 1.50. The van der Waals surface area contributed by atoms with E-state index in [4.69, 9.17) is 0 Å². The third-order valence-electron chi connectivity index (χ3n) is 4.80. The maximum atomic E-state index is 11.5. The summed E-state index contributed by atoms with van der Waals surface area (Å²) in [5.41, 5.74) is 0. The lowest BCUT2D eigenvalue weighted by Gasteiger charge is -2.40. The van der Waals surface area contributed by atoms with E-state index in [1.54, 1.807) is 0 Å². The topological polar surface area (TPSA) is 74.8 Å². The monoisotopic (exact) mass is 322 g/mol. The lowest BCUT2D eigenvalue weighted by atomic mass is 10.1. The predicted octanol–water partition coefficient (Wildman–Crippen LogP) is -1.02. The van der Waals surface area contributed by atoms with Crippen molar-refractivity contribution in [3.8, 4) is 0 Å². The number of rotatable bonds is 2. The molecule has 0 aromatic rings. The molecular formula is C12H22N2O4S2. The second-order valence-corrected chi connectivity index (χ2v) is 10.6. The molecule has 20 heavy (non-hydrogen) atoms. The predicted molar refractivity (Wildman–Crippen MR) is 77.3 cm³/mol. The van der Waals surface area contributed by atoms with E-state index in [-0.39, 0.29) is 12.1 Å². The Morgan fingerprint density at radius 2 is 1.00 bits per heavy atom. The van der Waals surface area contributed by atoms with Crippen LogP contribution in [0.25, 0.3) is 0 Å². The van der Waals surface area contributed by atoms with Gasteiger partial charge in [-0.05, 0) is 12.8 Å². The van der Waals surface area contributed by atoms with Crippen LogP contribution in [0.5, 0.6) is 0 Å². The molecule has 0 aliphatic carbocycles. The maximum Gasteiger partial charge on any atom is 0.151 e. The number of piperazine rings is 1. The zero-order chi connectivity index (χ0) is 14.4. The lowest BCUT2D eigenvalue weighted by molar-refractivity contribution is 0.0823. The van der Waals surface area contributed by atoms with Crippen molar-refractivity contribution < 1.29 is 16.8 Å². The Morgan fingerprint density at radius 1 is 0.650 bits per heavy atom. The van der Waals surface area contributed by atoms with Gasteiger partial charge in [-0.2, -0.15) is 0 Å². The molecule has 0 saturated carbocycles. The molecule has 0 amide bonds. The van der Waals surface area contributed by atoms with Crippen LogP contribution in [0, 0.1) is 0 Å². The second kappa shape index (κ2) is 5.23. The Kier molecular flexibility index (Phi) is 3.85. The van der Waals surface area contributed by atoms with Crippen molar-refractivity contribution in [1.82, 2.24) is 9.80 Å². The Hall–Kier alpha value is -0.180. The normalized spacial score (nSPS) is 38.2. The quantitative estimate of drug-likeness (QED) is 0.648. The highest BCUT2D eigenvalue weighted by molar-refractivity contribution is 7.91. The van der Waals surface area contributed by atoms with Gasteiger partial charge in [0.1, 0.15) is 0 Å². The summed E-state index contributed by atoms with van der Waals surface area (Å²) in [6, 6.07) is 0.351. The minimum absolute atomic E-state index is 0.175. The zero-order valence-corrected chi connectivity index (χ0v) is 13.2. The minimum Gasteiger partial charge on any atom is -0.297 e. The maximum absolute atomic E-state index is 11.5. The molecule has 0 aromatic heterocycles. The van der Waals surface area contributed by atoms with Crippen molar-refractivity contribution in [3.05, 3.63) is 0 Å². The van der Waals surface area contributed by atoms with Crippen LogP contribution in [0.2, 0.25) is 0 Å². The van der Waals surface area contributed by atoms with Gasteiger partial charge in [-0.1, -0.05) is 0 Å². The van der Waals surface area contributed by atoms with E-state index >= 15 is 0 Å². The van der Waals surface area contributed by atoms with Crippen molar-refractivity contribution in [2.45, 2.75) is 24.9 Å². The van der Waals surface area contributed by atoms with Crippen LogP contribution in [0.4, 0.5) is 0 Å². The fourth-order valence-electron chi connectivity index (χ4n) is 3.59. The molecule has 0 radical (unpaired) electrons. The molecule has 6 nitrogen and oxygen atoms in total. The molecule has 3 heterocycles. The first-order chi connectivity index (χ1) is 9.35. The molecule has 0 bridgehead atoms. The van der Waals surface area contributed by atoms with Gasteiger partial charge in [-0.3, -0.25) is 9.80 Å². The summed E-state index contributed by atoms with van der Waals surface area (Å²) in [4.78, 5) is 4.54. The molecule has 3 aliphatic rings. The first-order valence-electron chi connectivity index (χ1n) is 7.24. The van der Waals surface area contributed by atoms with Crippen LogP contribution in [0.3, 0.4) is 0 Å². The Labute approximate surface area is 121 Å². The first kappa shape index (κ1) is 14.7. The highest BCUT2D eigenvalue weighted by atomic mass is 32.2. The first-order valence-corrected chi connectivity index (χ1v) is 10.9. The van der Waals surface area contributed by atoms with Gasteiger partial charge < -0.3 is 0 Å². The molecule has 3 saturated heterocycles. The van der Waals surface area contributed by atoms with Gasteiger partial charge in [0.05, 0.1) is 23.0 Å². The van der Waals surface area contributed by atoms with E-state index in [0.29, 0.717) is 23.0 Å². The van der Waals surface area contributed by atoms with Crippen LogP contribution in [-0.4, -0.2) is 87.9 Å². The van der Waals surface area contributed by atoms with Gasteiger partial charge in [0.15, 0.2) is 19.7 Å². The van der Waals surface area contributed by atoms with E-state index in [0.717, 1.165) is 39.0 Å². The standard InChI is InChI=1S/C12H22N2O4S2/c15-19(16)7-1-11(9-19)13-3-5-14(6-4-13)12-2-8-20(17,18)10-12/h11-12H,1-10H2/t11-,12-/m1/s1. The molecule has 0 unspecified atom stereocenters. The van der Waals surface area contributed by atoms with E-state index in [9.17, 15) is 16.8 Å². The molecule has 3 aliphatic heterocycles. The summed E-state index contributed by atoms with van der Waals surface area (Å²) < 4.78 is 46.1. The third kappa shape index (κ3) is 3.18. The van der Waals surface area contributed by atoms with E-state index in [2.05, 4.69) is 9.80 Å². The van der Waals surface area contributed by atoms with Crippen molar-refractivity contribution >= 4 is 19.7 Å². The largest absolute Gasteiger partial charge is 0.297 e. The van der Waals surface area contributed by atoms with Gasteiger partial charge in [-0.15, -0.1) is 0 Å². The number of hydrogen-bond acceptors (Lipinski definition) is 6. The summed E-state index contributed by atoms with van der Waals surface area (Å²) in [5.74, 6) is 1.23. The average Bonchev–Trinajstić information content (AvgIpc) is 2.92. The van der Waals surface area contributed by atoms with Crippen LogP contribution >= 0.6 is 0 Å². The van der Waals surface area contributed by atoms with Gasteiger partial charge >= 0.3 is 0 Å². The Balaban J connectivity index is 1.53. The fourth-order valence-corrected chi connectivity index (χ4v) is 7.12. The molecule has 8 heteroatoms. The van der Waals surface area contributed by atoms with E-state index in [1.807, 2.05) is 0 Å². The third-order valence-corrected chi connectivity index (χ3v) is 8.30. The molecule has 3 rings (SSSR count). The zero-order valence-electron chi connectivity index (χ0n) is 11.6. The van der Waals surface area contributed by atoms with Crippen LogP contribution < -0.4 is 0 Å². The summed E-state index contributed by atoms with van der Waals surface area (Å²) in [5, 5.41) is 0. The van der Waals surface area contributed by atoms with Crippen LogP contribution in [0.15, 0.2) is 0 Å². The van der Waals surface area contributed by atoms with E-state index in [1.165, 1.54) is 0 Å². The van der Waals surface area contributed by atoms with Crippen LogP contribution in [0.1, 0.15) is 12.8 Å². The molecule has 0 N–H and O–H groups in total. The van der Waals surface area contributed by atoms with E-state index < -0.39 is 19.7 Å². The van der Waals surface area contributed by atoms with Gasteiger partial charge in [0.2, 0.25) is 0 Å². The van der Waals surface area contributed by atoms with Gasteiger partial charge in [0.25, 0.3) is 0 Å². The number of hydrogen-bond donors (Lipinski definition) is 0. The summed E-state index contributed by atoms with van der Waals surface area (Å²) in [7, 11) is -5.65. The Morgan fingerprint density at radius 3 is 1.25 bits per heavy atom. The smallest absolute Gasteiger partial charge is 0.151 e. The molecule has 0 aromatic carbocycles. The highest BCUT2D eigenvalue weighted by Crippen LogP contribution is 2.22. The number of nitrogens with zero attached hydrogens (tertiary/aromatic N) is 2. The lowest BCUT2D eigenvalue weighted by Crippen LogP contribution is -2.53. The molecule has 2 atom stereocenters. The highest BCUT2D eigenvalue weighted by Gasteiger charge is 2.37. The van der Waals surface area contributed by atoms with Crippen molar-refractivity contribution in [2.24, 2.45) is 0 Å². The van der Waals surface area contributed by atoms with Crippen molar-refractivity contribution in [2.75, 3.05) is 49.2 Å². The fraction of sp³-hybridized carbons (Fsp3) is 1.00. The van der Waals surface area contributed by atoms with Gasteiger partial charge in [-0.25, -0.2) is 16.8 Å². The average molecular weight is 322 g/mol. The van der Waals surface area contributed by atoms with Crippen molar-refractivity contribution in [1.29, 1.82) is 0 Å². The Bertz CT molecular complexity index is 512. The molecular weight excluding hydrogens is 300 g/mol. The summed E-state index contributed by atoms with van der Waals surface area (Å²) in [6.45, 7) is 3.43. The molecule has 116 valence electrons. The van der Waals surface area contributed by atoms with Crippen LogP contribution in [-0.2, 0) is 19.7 Å². The number of sulfone groups is 2.